The Morgan fingerprint density at radius 1 is 1.43 bits per heavy atom. The summed E-state index contributed by atoms with van der Waals surface area (Å²) in [6.45, 7) is 9.91. The van der Waals surface area contributed by atoms with Crippen LogP contribution in [0.2, 0.25) is 0 Å². The number of hydrogen-bond donors (Lipinski definition) is 1. The molecule has 1 unspecified atom stereocenters. The summed E-state index contributed by atoms with van der Waals surface area (Å²) in [5, 5.41) is 9.58. The third kappa shape index (κ3) is 3.15. The van der Waals surface area contributed by atoms with Crippen LogP contribution in [0.15, 0.2) is 10.5 Å². The van der Waals surface area contributed by atoms with Crippen LogP contribution in [0.3, 0.4) is 0 Å². The summed E-state index contributed by atoms with van der Waals surface area (Å²) in [5.41, 5.74) is 0.720. The fraction of sp³-hybridized carbons (Fsp3) is 0.706. The normalized spacial score (nSPS) is 20.4. The highest BCUT2D eigenvalue weighted by Crippen LogP contribution is 2.39. The van der Waals surface area contributed by atoms with Gasteiger partial charge in [-0.05, 0) is 59.2 Å². The van der Waals surface area contributed by atoms with Crippen LogP contribution in [0.1, 0.15) is 62.7 Å². The van der Waals surface area contributed by atoms with E-state index in [4.69, 9.17) is 4.42 Å². The summed E-state index contributed by atoms with van der Waals surface area (Å²) < 4.78 is 5.62. The molecule has 0 bridgehead atoms. The second-order valence-electron chi connectivity index (χ2n) is 6.42. The van der Waals surface area contributed by atoms with E-state index in [0.717, 1.165) is 50.3 Å². The highest BCUT2D eigenvalue weighted by molar-refractivity contribution is 5.74. The Morgan fingerprint density at radius 2 is 2.05 bits per heavy atom. The summed E-state index contributed by atoms with van der Waals surface area (Å²) in [6, 6.07) is 2.39. The highest BCUT2D eigenvalue weighted by Gasteiger charge is 2.41. The molecule has 4 nitrogen and oxygen atoms in total. The van der Waals surface area contributed by atoms with E-state index in [1.54, 1.807) is 0 Å². The standard InChI is InChI=1S/C17H27NO3/c1-5-6-17(16(19)20)7-9-18(10-8-17)13(3)15-11-12(2)21-14(15)4/h11,13H,5-10H2,1-4H3,(H,19,20). The van der Waals surface area contributed by atoms with E-state index in [1.165, 1.54) is 5.56 Å². The second kappa shape index (κ2) is 6.22. The van der Waals surface area contributed by atoms with Crippen LogP contribution < -0.4 is 0 Å². The van der Waals surface area contributed by atoms with Gasteiger partial charge in [-0.2, -0.15) is 0 Å². The molecular formula is C17H27NO3. The Balaban J connectivity index is 2.06. The zero-order valence-corrected chi connectivity index (χ0v) is 13.6. The van der Waals surface area contributed by atoms with Crippen molar-refractivity contribution in [3.8, 4) is 0 Å². The third-order valence-electron chi connectivity index (χ3n) is 5.01. The van der Waals surface area contributed by atoms with Gasteiger partial charge >= 0.3 is 5.97 Å². The number of carboxylic acid groups (broad SMARTS) is 1. The molecule has 1 fully saturated rings. The minimum absolute atomic E-state index is 0.288. The average Bonchev–Trinajstić information content (AvgIpc) is 2.78. The fourth-order valence-corrected chi connectivity index (χ4v) is 3.65. The van der Waals surface area contributed by atoms with Gasteiger partial charge in [0.1, 0.15) is 11.5 Å². The van der Waals surface area contributed by atoms with Crippen LogP contribution in [0.25, 0.3) is 0 Å². The number of furan rings is 1. The molecule has 0 spiro atoms. The van der Waals surface area contributed by atoms with Crippen LogP contribution in [-0.4, -0.2) is 29.1 Å². The van der Waals surface area contributed by atoms with Gasteiger partial charge in [0.15, 0.2) is 0 Å². The minimum Gasteiger partial charge on any atom is -0.481 e. The van der Waals surface area contributed by atoms with Gasteiger partial charge in [0, 0.05) is 11.6 Å². The lowest BCUT2D eigenvalue weighted by Crippen LogP contribution is -2.45. The van der Waals surface area contributed by atoms with Crippen molar-refractivity contribution in [2.24, 2.45) is 5.41 Å². The van der Waals surface area contributed by atoms with Crippen LogP contribution >= 0.6 is 0 Å². The van der Waals surface area contributed by atoms with Gasteiger partial charge in [0.2, 0.25) is 0 Å². The van der Waals surface area contributed by atoms with Gasteiger partial charge in [-0.25, -0.2) is 0 Å². The van der Waals surface area contributed by atoms with Crippen molar-refractivity contribution >= 4 is 5.97 Å². The van der Waals surface area contributed by atoms with Gasteiger partial charge in [-0.3, -0.25) is 9.69 Å². The van der Waals surface area contributed by atoms with Crippen molar-refractivity contribution in [1.29, 1.82) is 0 Å². The number of carboxylic acids is 1. The second-order valence-corrected chi connectivity index (χ2v) is 6.42. The molecule has 1 aromatic rings. The lowest BCUT2D eigenvalue weighted by atomic mass is 9.74. The van der Waals surface area contributed by atoms with Crippen molar-refractivity contribution in [3.63, 3.8) is 0 Å². The van der Waals surface area contributed by atoms with E-state index >= 15 is 0 Å². The fourth-order valence-electron chi connectivity index (χ4n) is 3.65. The molecule has 1 aliphatic rings. The largest absolute Gasteiger partial charge is 0.481 e. The zero-order chi connectivity index (χ0) is 15.6. The summed E-state index contributed by atoms with van der Waals surface area (Å²) in [7, 11) is 0. The monoisotopic (exact) mass is 293 g/mol. The predicted molar refractivity (Wildman–Crippen MR) is 82.4 cm³/mol. The summed E-state index contributed by atoms with van der Waals surface area (Å²) in [5.74, 6) is 1.30. The molecule has 4 heteroatoms. The molecule has 1 saturated heterocycles. The Labute approximate surface area is 127 Å². The maximum Gasteiger partial charge on any atom is 0.309 e. The van der Waals surface area contributed by atoms with Crippen molar-refractivity contribution in [3.05, 3.63) is 23.2 Å². The predicted octanol–water partition coefficient (Wildman–Crippen LogP) is 3.92. The number of hydrogen-bond acceptors (Lipinski definition) is 3. The minimum atomic E-state index is -0.619. The number of nitrogens with zero attached hydrogens (tertiary/aromatic N) is 1. The molecule has 0 amide bonds. The lowest BCUT2D eigenvalue weighted by Gasteiger charge is -2.41. The molecule has 21 heavy (non-hydrogen) atoms. The number of aliphatic carboxylic acids is 1. The number of carbonyl (C=O) groups is 1. The van der Waals surface area contributed by atoms with Crippen LogP contribution in [-0.2, 0) is 4.79 Å². The summed E-state index contributed by atoms with van der Waals surface area (Å²) >= 11 is 0. The van der Waals surface area contributed by atoms with Crippen LogP contribution in [0.4, 0.5) is 0 Å². The first kappa shape index (κ1) is 16.1. The molecule has 1 atom stereocenters. The molecule has 2 rings (SSSR count). The highest BCUT2D eigenvalue weighted by atomic mass is 16.4. The molecule has 2 heterocycles. The van der Waals surface area contributed by atoms with Crippen LogP contribution in [0.5, 0.6) is 0 Å². The lowest BCUT2D eigenvalue weighted by molar-refractivity contribution is -0.153. The molecule has 118 valence electrons. The van der Waals surface area contributed by atoms with Crippen molar-refractivity contribution < 1.29 is 14.3 Å². The summed E-state index contributed by atoms with van der Waals surface area (Å²) in [6.07, 6.45) is 3.21. The molecule has 0 radical (unpaired) electrons. The number of aryl methyl sites for hydroxylation is 2. The summed E-state index contributed by atoms with van der Waals surface area (Å²) in [4.78, 5) is 14.0. The van der Waals surface area contributed by atoms with Crippen molar-refractivity contribution in [1.82, 2.24) is 4.90 Å². The van der Waals surface area contributed by atoms with Crippen molar-refractivity contribution in [2.75, 3.05) is 13.1 Å². The van der Waals surface area contributed by atoms with Gasteiger partial charge in [0.05, 0.1) is 5.41 Å². The number of piperidine rings is 1. The third-order valence-corrected chi connectivity index (χ3v) is 5.01. The number of likely N-dealkylation sites (tertiary alicyclic amines) is 1. The maximum absolute atomic E-state index is 11.6. The molecule has 0 saturated carbocycles. The first-order valence-electron chi connectivity index (χ1n) is 7.94. The number of rotatable bonds is 5. The maximum atomic E-state index is 11.6. The Bertz CT molecular complexity index is 498. The van der Waals surface area contributed by atoms with E-state index in [9.17, 15) is 9.90 Å². The SMILES string of the molecule is CCCC1(C(=O)O)CCN(C(C)c2cc(C)oc2C)CC1. The first-order valence-corrected chi connectivity index (χ1v) is 7.94. The Hall–Kier alpha value is -1.29. The quantitative estimate of drug-likeness (QED) is 0.894. The van der Waals surface area contributed by atoms with E-state index < -0.39 is 11.4 Å². The van der Waals surface area contributed by atoms with E-state index in [2.05, 4.69) is 24.8 Å². The topological polar surface area (TPSA) is 53.7 Å². The van der Waals surface area contributed by atoms with Gasteiger partial charge in [0.25, 0.3) is 0 Å². The van der Waals surface area contributed by atoms with Gasteiger partial charge in [-0.1, -0.05) is 13.3 Å². The zero-order valence-electron chi connectivity index (χ0n) is 13.6. The molecule has 0 aliphatic carbocycles. The average molecular weight is 293 g/mol. The molecule has 1 aliphatic heterocycles. The Morgan fingerprint density at radius 3 is 2.48 bits per heavy atom. The van der Waals surface area contributed by atoms with E-state index in [1.807, 2.05) is 13.8 Å². The van der Waals surface area contributed by atoms with Gasteiger partial charge in [-0.15, -0.1) is 0 Å². The smallest absolute Gasteiger partial charge is 0.309 e. The molecule has 1 aromatic heterocycles. The van der Waals surface area contributed by atoms with E-state index in [-0.39, 0.29) is 6.04 Å². The molecule has 0 aromatic carbocycles. The molecule has 1 N–H and O–H groups in total. The van der Waals surface area contributed by atoms with Crippen LogP contribution in [0, 0.1) is 19.3 Å². The van der Waals surface area contributed by atoms with E-state index in [0.29, 0.717) is 0 Å². The first-order chi connectivity index (χ1) is 9.89. The van der Waals surface area contributed by atoms with Gasteiger partial charge < -0.3 is 9.52 Å². The Kier molecular flexibility index (Phi) is 4.77. The van der Waals surface area contributed by atoms with Crippen molar-refractivity contribution in [2.45, 2.75) is 59.4 Å². The molecular weight excluding hydrogens is 266 g/mol.